The highest BCUT2D eigenvalue weighted by molar-refractivity contribution is 8.00. The van der Waals surface area contributed by atoms with Crippen LogP contribution in [0.3, 0.4) is 0 Å². The summed E-state index contributed by atoms with van der Waals surface area (Å²) in [6, 6.07) is 0. The van der Waals surface area contributed by atoms with Crippen molar-refractivity contribution in [1.29, 1.82) is 0 Å². The molecule has 0 radical (unpaired) electrons. The Bertz CT molecular complexity index is 925. The van der Waals surface area contributed by atoms with E-state index in [0.717, 1.165) is 37.9 Å². The van der Waals surface area contributed by atoms with Crippen molar-refractivity contribution >= 4 is 29.4 Å². The molecule has 1 heterocycles. The average molecular weight is 458 g/mol. The first-order valence-corrected chi connectivity index (χ1v) is 13.2. The van der Waals surface area contributed by atoms with Crippen LogP contribution in [0.15, 0.2) is 23.3 Å². The first-order valence-electron chi connectivity index (χ1n) is 12.2. The van der Waals surface area contributed by atoms with Crippen LogP contribution in [-0.4, -0.2) is 40.8 Å². The SMILES string of the molecule is CC(=O)NCCS[C@@H]1C=C2CC(=O)CC[C@]2(C)C2=CC[C@@]3(C)C(CC[C@@]34CCC(=O)O4)C21. The molecule has 0 aromatic heterocycles. The van der Waals surface area contributed by atoms with E-state index >= 15 is 0 Å². The minimum absolute atomic E-state index is 0.00432. The van der Waals surface area contributed by atoms with E-state index in [0.29, 0.717) is 48.7 Å². The molecule has 0 aromatic rings. The number of ketones is 1. The number of hydrogen-bond acceptors (Lipinski definition) is 5. The van der Waals surface area contributed by atoms with Gasteiger partial charge in [0.15, 0.2) is 0 Å². The summed E-state index contributed by atoms with van der Waals surface area (Å²) in [5.74, 6) is 2.05. The van der Waals surface area contributed by atoms with Crippen LogP contribution in [0.25, 0.3) is 0 Å². The van der Waals surface area contributed by atoms with Gasteiger partial charge in [0.25, 0.3) is 0 Å². The molecule has 2 unspecified atom stereocenters. The molecule has 4 aliphatic carbocycles. The molecule has 2 saturated carbocycles. The van der Waals surface area contributed by atoms with E-state index in [-0.39, 0.29) is 28.3 Å². The Hall–Kier alpha value is -1.56. The van der Waals surface area contributed by atoms with E-state index in [1.165, 1.54) is 11.1 Å². The van der Waals surface area contributed by atoms with Gasteiger partial charge in [0.05, 0.1) is 0 Å². The number of thioether (sulfide) groups is 1. The number of carbonyl (C=O) groups excluding carboxylic acids is 3. The fourth-order valence-electron chi connectivity index (χ4n) is 7.61. The van der Waals surface area contributed by atoms with Crippen LogP contribution in [0.2, 0.25) is 0 Å². The second-order valence-corrected chi connectivity index (χ2v) is 12.3. The molecule has 1 N–H and O–H groups in total. The number of allylic oxidation sites excluding steroid dienone is 3. The van der Waals surface area contributed by atoms with Gasteiger partial charge in [-0.1, -0.05) is 37.1 Å². The summed E-state index contributed by atoms with van der Waals surface area (Å²) in [4.78, 5) is 35.8. The highest BCUT2D eigenvalue weighted by Gasteiger charge is 2.66. The zero-order valence-electron chi connectivity index (χ0n) is 19.5. The Labute approximate surface area is 195 Å². The zero-order valence-corrected chi connectivity index (χ0v) is 20.3. The molecule has 32 heavy (non-hydrogen) atoms. The Morgan fingerprint density at radius 3 is 2.75 bits per heavy atom. The van der Waals surface area contributed by atoms with Gasteiger partial charge in [-0.2, -0.15) is 11.8 Å². The lowest BCUT2D eigenvalue weighted by atomic mass is 9.51. The third-order valence-electron chi connectivity index (χ3n) is 9.44. The average Bonchev–Trinajstić information content (AvgIpc) is 3.26. The molecular weight excluding hydrogens is 422 g/mol. The Morgan fingerprint density at radius 1 is 1.22 bits per heavy atom. The van der Waals surface area contributed by atoms with Crippen molar-refractivity contribution in [3.05, 3.63) is 23.3 Å². The van der Waals surface area contributed by atoms with Gasteiger partial charge in [0.1, 0.15) is 11.4 Å². The summed E-state index contributed by atoms with van der Waals surface area (Å²) in [6.45, 7) is 6.93. The van der Waals surface area contributed by atoms with E-state index in [2.05, 4.69) is 31.3 Å². The molecular formula is C26H35NO4S. The monoisotopic (exact) mass is 457 g/mol. The summed E-state index contributed by atoms with van der Waals surface area (Å²) in [5, 5.41) is 3.21. The van der Waals surface area contributed by atoms with Crippen LogP contribution in [-0.2, 0) is 19.1 Å². The van der Waals surface area contributed by atoms with Gasteiger partial charge in [-0.3, -0.25) is 14.4 Å². The lowest BCUT2D eigenvalue weighted by Crippen LogP contribution is -2.52. The molecule has 0 bridgehead atoms. The first-order chi connectivity index (χ1) is 15.2. The highest BCUT2D eigenvalue weighted by Crippen LogP contribution is 2.68. The van der Waals surface area contributed by atoms with Gasteiger partial charge in [-0.15, -0.1) is 0 Å². The molecule has 6 atom stereocenters. The van der Waals surface area contributed by atoms with Crippen molar-refractivity contribution in [2.24, 2.45) is 22.7 Å². The standard InChI is InChI=1S/C26H35NO4S/c1-16(28)27-12-13-32-21-15-17-14-18(29)4-8-24(17,2)19-5-9-25(3)20(23(19)21)6-10-26(25)11-7-22(30)31-26/h5,15,20-21,23H,4,6-14H2,1-3H3,(H,27,28)/t20?,21-,23?,24+,25+,26-/m1/s1. The summed E-state index contributed by atoms with van der Waals surface area (Å²) < 4.78 is 6.09. The number of nitrogens with one attached hydrogen (secondary N) is 1. The number of hydrogen-bond donors (Lipinski definition) is 1. The number of carbonyl (C=O) groups is 3. The molecule has 174 valence electrons. The predicted octanol–water partition coefficient (Wildman–Crippen LogP) is 4.36. The predicted molar refractivity (Wildman–Crippen MR) is 125 cm³/mol. The smallest absolute Gasteiger partial charge is 0.306 e. The maximum Gasteiger partial charge on any atom is 0.306 e. The van der Waals surface area contributed by atoms with Crippen molar-refractivity contribution in [1.82, 2.24) is 5.32 Å². The molecule has 3 fully saturated rings. The summed E-state index contributed by atoms with van der Waals surface area (Å²) in [6.07, 6.45) is 11.4. The third-order valence-corrected chi connectivity index (χ3v) is 10.7. The topological polar surface area (TPSA) is 72.5 Å². The molecule has 0 aromatic carbocycles. The van der Waals surface area contributed by atoms with E-state index in [4.69, 9.17) is 4.74 Å². The number of rotatable bonds is 4. The molecule has 1 aliphatic heterocycles. The first kappa shape index (κ1) is 22.2. The van der Waals surface area contributed by atoms with Crippen molar-refractivity contribution in [2.75, 3.05) is 12.3 Å². The highest BCUT2D eigenvalue weighted by atomic mass is 32.2. The van der Waals surface area contributed by atoms with E-state index in [9.17, 15) is 14.4 Å². The van der Waals surface area contributed by atoms with Crippen LogP contribution in [0.1, 0.15) is 72.1 Å². The molecule has 5 nitrogen and oxygen atoms in total. The quantitative estimate of drug-likeness (QED) is 0.386. The molecule has 1 saturated heterocycles. The minimum Gasteiger partial charge on any atom is -0.458 e. The van der Waals surface area contributed by atoms with Crippen molar-refractivity contribution in [3.63, 3.8) is 0 Å². The van der Waals surface area contributed by atoms with Gasteiger partial charge in [-0.05, 0) is 43.9 Å². The number of amides is 1. The van der Waals surface area contributed by atoms with Gasteiger partial charge in [0, 0.05) is 54.6 Å². The van der Waals surface area contributed by atoms with Crippen LogP contribution in [0, 0.1) is 22.7 Å². The Kier molecular flexibility index (Phi) is 5.39. The molecule has 6 heteroatoms. The van der Waals surface area contributed by atoms with E-state index < -0.39 is 0 Å². The Morgan fingerprint density at radius 2 is 2.03 bits per heavy atom. The fourth-order valence-corrected chi connectivity index (χ4v) is 8.91. The fraction of sp³-hybridized carbons (Fsp3) is 0.731. The number of ether oxygens (including phenoxy) is 1. The van der Waals surface area contributed by atoms with Crippen LogP contribution >= 0.6 is 11.8 Å². The van der Waals surface area contributed by atoms with Crippen LogP contribution in [0.4, 0.5) is 0 Å². The summed E-state index contributed by atoms with van der Waals surface area (Å²) in [5.41, 5.74) is 2.47. The van der Waals surface area contributed by atoms with E-state index in [1.807, 2.05) is 11.8 Å². The van der Waals surface area contributed by atoms with Crippen molar-refractivity contribution in [2.45, 2.75) is 83.0 Å². The van der Waals surface area contributed by atoms with E-state index in [1.54, 1.807) is 6.92 Å². The second-order valence-electron chi connectivity index (χ2n) is 11.0. The largest absolute Gasteiger partial charge is 0.458 e. The number of fused-ring (bicyclic) bond motifs is 6. The zero-order chi connectivity index (χ0) is 22.7. The normalized spacial score (nSPS) is 42.5. The third kappa shape index (κ3) is 3.23. The molecule has 5 rings (SSSR count). The van der Waals surface area contributed by atoms with Gasteiger partial charge in [-0.25, -0.2) is 0 Å². The van der Waals surface area contributed by atoms with Crippen molar-refractivity contribution in [3.8, 4) is 0 Å². The van der Waals surface area contributed by atoms with Gasteiger partial charge >= 0.3 is 5.97 Å². The van der Waals surface area contributed by atoms with Gasteiger partial charge < -0.3 is 10.1 Å². The van der Waals surface area contributed by atoms with Crippen LogP contribution < -0.4 is 5.32 Å². The minimum atomic E-state index is -0.310. The molecule has 5 aliphatic rings. The second kappa shape index (κ2) is 7.75. The van der Waals surface area contributed by atoms with Gasteiger partial charge in [0.2, 0.25) is 5.91 Å². The van der Waals surface area contributed by atoms with Crippen LogP contribution in [0.5, 0.6) is 0 Å². The summed E-state index contributed by atoms with van der Waals surface area (Å²) in [7, 11) is 0. The maximum absolute atomic E-state index is 12.3. The molecule has 1 spiro atoms. The number of esters is 1. The Balaban J connectivity index is 1.50. The molecule has 1 amide bonds. The number of Topliss-reactive ketones (excluding diaryl/α,β-unsaturated/α-hetero) is 1. The lowest BCUT2D eigenvalue weighted by molar-refractivity contribution is -0.160. The summed E-state index contributed by atoms with van der Waals surface area (Å²) >= 11 is 1.91. The lowest BCUT2D eigenvalue weighted by Gasteiger charge is -2.56. The van der Waals surface area contributed by atoms with Crippen molar-refractivity contribution < 1.29 is 19.1 Å². The maximum atomic E-state index is 12.3.